The quantitative estimate of drug-likeness (QED) is 0.783. The second kappa shape index (κ2) is 4.94. The summed E-state index contributed by atoms with van der Waals surface area (Å²) in [6.07, 6.45) is 0. The minimum Gasteiger partial charge on any atom is -0.391 e. The summed E-state index contributed by atoms with van der Waals surface area (Å²) in [5, 5.41) is 12.5. The molecule has 0 aliphatic heterocycles. The van der Waals surface area contributed by atoms with E-state index in [1.54, 1.807) is 12.1 Å². The molecular formula is C11H7Cl3OS. The summed E-state index contributed by atoms with van der Waals surface area (Å²) >= 11 is 19.4. The van der Waals surface area contributed by atoms with Crippen molar-refractivity contribution >= 4 is 46.1 Å². The van der Waals surface area contributed by atoms with Crippen molar-refractivity contribution < 1.29 is 5.11 Å². The lowest BCUT2D eigenvalue weighted by atomic mass is 10.1. The molecule has 1 aromatic heterocycles. The molecule has 0 saturated heterocycles. The van der Waals surface area contributed by atoms with Crippen molar-refractivity contribution in [1.82, 2.24) is 0 Å². The van der Waals surface area contributed by atoms with E-state index in [1.807, 2.05) is 11.4 Å². The van der Waals surface area contributed by atoms with Gasteiger partial charge < -0.3 is 5.11 Å². The third kappa shape index (κ3) is 2.22. The fourth-order valence-electron chi connectivity index (χ4n) is 1.43. The second-order valence-corrected chi connectivity index (χ2v) is 5.38. The van der Waals surface area contributed by atoms with E-state index in [0.717, 1.165) is 16.0 Å². The van der Waals surface area contributed by atoms with Gasteiger partial charge in [0.1, 0.15) is 0 Å². The molecule has 0 aliphatic rings. The van der Waals surface area contributed by atoms with Gasteiger partial charge in [-0.2, -0.15) is 0 Å². The van der Waals surface area contributed by atoms with Gasteiger partial charge in [-0.1, -0.05) is 34.8 Å². The van der Waals surface area contributed by atoms with Crippen molar-refractivity contribution in [1.29, 1.82) is 0 Å². The van der Waals surface area contributed by atoms with E-state index in [9.17, 15) is 5.11 Å². The molecule has 1 N–H and O–H groups in total. The lowest BCUT2D eigenvalue weighted by Crippen LogP contribution is -1.84. The molecule has 0 aliphatic carbocycles. The SMILES string of the molecule is OCc1sccc1-c1cc(Cl)c(Cl)cc1Cl. The first kappa shape index (κ1) is 12.2. The molecule has 0 radical (unpaired) electrons. The molecule has 0 bridgehead atoms. The molecule has 1 aromatic carbocycles. The Hall–Kier alpha value is -0.250. The molecule has 16 heavy (non-hydrogen) atoms. The van der Waals surface area contributed by atoms with E-state index in [0.29, 0.717) is 15.1 Å². The van der Waals surface area contributed by atoms with E-state index in [-0.39, 0.29) is 6.61 Å². The largest absolute Gasteiger partial charge is 0.391 e. The number of hydrogen-bond acceptors (Lipinski definition) is 2. The normalized spacial score (nSPS) is 10.8. The highest BCUT2D eigenvalue weighted by atomic mass is 35.5. The van der Waals surface area contributed by atoms with Crippen LogP contribution in [0, 0.1) is 0 Å². The average molecular weight is 294 g/mol. The zero-order valence-corrected chi connectivity index (χ0v) is 11.1. The van der Waals surface area contributed by atoms with Crippen LogP contribution in [0.5, 0.6) is 0 Å². The smallest absolute Gasteiger partial charge is 0.0780 e. The maximum Gasteiger partial charge on any atom is 0.0780 e. The predicted octanol–water partition coefficient (Wildman–Crippen LogP) is 4.87. The first-order valence-electron chi connectivity index (χ1n) is 4.45. The van der Waals surface area contributed by atoms with Crippen molar-refractivity contribution in [2.75, 3.05) is 0 Å². The fourth-order valence-corrected chi connectivity index (χ4v) is 2.83. The third-order valence-corrected chi connectivity index (χ3v) is 4.13. The Morgan fingerprint density at radius 2 is 1.69 bits per heavy atom. The van der Waals surface area contributed by atoms with E-state index in [4.69, 9.17) is 34.8 Å². The summed E-state index contributed by atoms with van der Waals surface area (Å²) in [6, 6.07) is 5.23. The first-order chi connectivity index (χ1) is 7.63. The number of halogens is 3. The van der Waals surface area contributed by atoms with E-state index >= 15 is 0 Å². The first-order valence-corrected chi connectivity index (χ1v) is 6.47. The topological polar surface area (TPSA) is 20.2 Å². The molecule has 0 unspecified atom stereocenters. The number of thiophene rings is 1. The summed E-state index contributed by atoms with van der Waals surface area (Å²) in [6.45, 7) is -0.0103. The van der Waals surface area contributed by atoms with Crippen LogP contribution in [-0.4, -0.2) is 5.11 Å². The van der Waals surface area contributed by atoms with Gasteiger partial charge in [-0.15, -0.1) is 11.3 Å². The molecule has 2 rings (SSSR count). The molecule has 1 heterocycles. The Morgan fingerprint density at radius 1 is 1.00 bits per heavy atom. The Labute approximate surface area is 112 Å². The maximum absolute atomic E-state index is 9.19. The molecule has 0 fully saturated rings. The van der Waals surface area contributed by atoms with Gasteiger partial charge in [-0.3, -0.25) is 0 Å². The number of aliphatic hydroxyl groups excluding tert-OH is 1. The molecule has 2 aromatic rings. The van der Waals surface area contributed by atoms with Gasteiger partial charge in [0, 0.05) is 10.4 Å². The van der Waals surface area contributed by atoms with Crippen LogP contribution in [0.25, 0.3) is 11.1 Å². The Morgan fingerprint density at radius 3 is 2.38 bits per heavy atom. The lowest BCUT2D eigenvalue weighted by Gasteiger charge is -2.06. The number of rotatable bonds is 2. The zero-order valence-electron chi connectivity index (χ0n) is 8.01. The predicted molar refractivity (Wildman–Crippen MR) is 70.7 cm³/mol. The number of hydrogen-bond donors (Lipinski definition) is 1. The van der Waals surface area contributed by atoms with Crippen molar-refractivity contribution in [3.8, 4) is 11.1 Å². The summed E-state index contributed by atoms with van der Waals surface area (Å²) in [5.74, 6) is 0. The van der Waals surface area contributed by atoms with E-state index in [1.165, 1.54) is 11.3 Å². The minimum atomic E-state index is -0.0103. The molecule has 0 spiro atoms. The van der Waals surface area contributed by atoms with Crippen molar-refractivity contribution in [3.63, 3.8) is 0 Å². The van der Waals surface area contributed by atoms with Crippen LogP contribution < -0.4 is 0 Å². The Bertz CT molecular complexity index is 522. The summed E-state index contributed by atoms with van der Waals surface area (Å²) in [7, 11) is 0. The summed E-state index contributed by atoms with van der Waals surface area (Å²) < 4.78 is 0. The van der Waals surface area contributed by atoms with Crippen molar-refractivity contribution in [2.45, 2.75) is 6.61 Å². The number of aliphatic hydroxyl groups is 1. The third-order valence-electron chi connectivity index (χ3n) is 2.19. The monoisotopic (exact) mass is 292 g/mol. The fraction of sp³-hybridized carbons (Fsp3) is 0.0909. The second-order valence-electron chi connectivity index (χ2n) is 3.16. The minimum absolute atomic E-state index is 0.0103. The molecule has 0 amide bonds. The molecule has 84 valence electrons. The highest BCUT2D eigenvalue weighted by Gasteiger charge is 2.12. The van der Waals surface area contributed by atoms with Crippen LogP contribution in [0.3, 0.4) is 0 Å². The van der Waals surface area contributed by atoms with Gasteiger partial charge >= 0.3 is 0 Å². The van der Waals surface area contributed by atoms with Crippen LogP contribution in [0.4, 0.5) is 0 Å². The van der Waals surface area contributed by atoms with E-state index < -0.39 is 0 Å². The van der Waals surface area contributed by atoms with Crippen LogP contribution in [0.2, 0.25) is 15.1 Å². The molecule has 0 atom stereocenters. The van der Waals surface area contributed by atoms with Crippen molar-refractivity contribution in [3.05, 3.63) is 43.5 Å². The molecule has 5 heteroatoms. The van der Waals surface area contributed by atoms with Gasteiger partial charge in [0.05, 0.1) is 21.7 Å². The van der Waals surface area contributed by atoms with Crippen molar-refractivity contribution in [2.24, 2.45) is 0 Å². The number of benzene rings is 1. The average Bonchev–Trinajstić information content (AvgIpc) is 2.71. The van der Waals surface area contributed by atoms with Crippen LogP contribution >= 0.6 is 46.1 Å². The maximum atomic E-state index is 9.19. The highest BCUT2D eigenvalue weighted by molar-refractivity contribution is 7.10. The summed E-state index contributed by atoms with van der Waals surface area (Å²) in [4.78, 5) is 0.861. The van der Waals surface area contributed by atoms with Crippen LogP contribution in [0.1, 0.15) is 4.88 Å². The van der Waals surface area contributed by atoms with Gasteiger partial charge in [0.25, 0.3) is 0 Å². The molecular weight excluding hydrogens is 287 g/mol. The Kier molecular flexibility index (Phi) is 3.77. The standard InChI is InChI=1S/C11H7Cl3OS/c12-8-4-10(14)9(13)3-7(8)6-1-2-16-11(6)5-15/h1-4,15H,5H2. The van der Waals surface area contributed by atoms with Gasteiger partial charge in [0.15, 0.2) is 0 Å². The van der Waals surface area contributed by atoms with E-state index in [2.05, 4.69) is 0 Å². The van der Waals surface area contributed by atoms with Gasteiger partial charge in [-0.05, 0) is 29.1 Å². The highest BCUT2D eigenvalue weighted by Crippen LogP contribution is 2.38. The zero-order chi connectivity index (χ0) is 11.7. The molecule has 0 saturated carbocycles. The van der Waals surface area contributed by atoms with Crippen LogP contribution in [-0.2, 0) is 6.61 Å². The Balaban J connectivity index is 2.60. The summed E-state index contributed by atoms with van der Waals surface area (Å²) in [5.41, 5.74) is 1.69. The van der Waals surface area contributed by atoms with Crippen LogP contribution in [0.15, 0.2) is 23.6 Å². The lowest BCUT2D eigenvalue weighted by molar-refractivity contribution is 0.286. The molecule has 1 nitrogen and oxygen atoms in total. The van der Waals surface area contributed by atoms with Gasteiger partial charge in [0.2, 0.25) is 0 Å². The van der Waals surface area contributed by atoms with Gasteiger partial charge in [-0.25, -0.2) is 0 Å².